The highest BCUT2D eigenvalue weighted by molar-refractivity contribution is 6.11. The molecule has 0 spiro atoms. The van der Waals surface area contributed by atoms with Gasteiger partial charge in [0, 0.05) is 11.3 Å². The fourth-order valence-electron chi connectivity index (χ4n) is 1.53. The highest BCUT2D eigenvalue weighted by Crippen LogP contribution is 2.19. The number of hydrogen-bond acceptors (Lipinski definition) is 4. The van der Waals surface area contributed by atoms with Gasteiger partial charge in [0.2, 0.25) is 0 Å². The van der Waals surface area contributed by atoms with Gasteiger partial charge in [0.15, 0.2) is 5.78 Å². The van der Waals surface area contributed by atoms with Gasteiger partial charge in [-0.2, -0.15) is 0 Å². The molecule has 0 aliphatic carbocycles. The van der Waals surface area contributed by atoms with Crippen LogP contribution in [-0.4, -0.2) is 11.8 Å². The van der Waals surface area contributed by atoms with Gasteiger partial charge in [-0.05, 0) is 18.6 Å². The molecule has 0 bridgehead atoms. The molecule has 1 rings (SSSR count). The number of Topliss-reactive ketones (excluding diaryl/α,β-unsaturated/α-hetero) is 1. The van der Waals surface area contributed by atoms with Crippen molar-refractivity contribution < 1.29 is 14.3 Å². The number of para-hydroxylation sites is 1. The van der Waals surface area contributed by atoms with Crippen LogP contribution in [0.15, 0.2) is 37.1 Å². The van der Waals surface area contributed by atoms with Crippen molar-refractivity contribution >= 4 is 17.4 Å². The molecule has 90 valence electrons. The third kappa shape index (κ3) is 2.93. The van der Waals surface area contributed by atoms with Crippen LogP contribution in [0.2, 0.25) is 0 Å². The fourth-order valence-corrected chi connectivity index (χ4v) is 1.53. The van der Waals surface area contributed by atoms with Crippen molar-refractivity contribution in [3.8, 4) is 0 Å². The van der Waals surface area contributed by atoms with E-state index in [-0.39, 0.29) is 5.78 Å². The zero-order chi connectivity index (χ0) is 12.8. The van der Waals surface area contributed by atoms with Crippen molar-refractivity contribution in [2.45, 2.75) is 13.3 Å². The molecule has 17 heavy (non-hydrogen) atoms. The molecule has 0 aromatic heterocycles. The van der Waals surface area contributed by atoms with E-state index in [1.807, 2.05) is 0 Å². The summed E-state index contributed by atoms with van der Waals surface area (Å²) in [6.45, 7) is 5.03. The largest absolute Gasteiger partial charge is 0.435 e. The SMILES string of the molecule is C=COC(=O)C(CC)C(=O)c1ccccc1N. The van der Waals surface area contributed by atoms with E-state index >= 15 is 0 Å². The van der Waals surface area contributed by atoms with E-state index in [9.17, 15) is 9.59 Å². The molecule has 1 aromatic rings. The molecular weight excluding hydrogens is 218 g/mol. The molecule has 4 nitrogen and oxygen atoms in total. The van der Waals surface area contributed by atoms with E-state index in [1.54, 1.807) is 31.2 Å². The van der Waals surface area contributed by atoms with Gasteiger partial charge >= 0.3 is 5.97 Å². The van der Waals surface area contributed by atoms with Crippen LogP contribution in [-0.2, 0) is 9.53 Å². The Labute approximate surface area is 100 Å². The smallest absolute Gasteiger partial charge is 0.321 e. The maximum atomic E-state index is 12.1. The maximum Gasteiger partial charge on any atom is 0.321 e. The first-order chi connectivity index (χ1) is 8.11. The van der Waals surface area contributed by atoms with Crippen molar-refractivity contribution in [2.24, 2.45) is 5.92 Å². The van der Waals surface area contributed by atoms with E-state index in [0.29, 0.717) is 17.7 Å². The molecule has 1 aromatic carbocycles. The summed E-state index contributed by atoms with van der Waals surface area (Å²) < 4.78 is 4.64. The summed E-state index contributed by atoms with van der Waals surface area (Å²) >= 11 is 0. The summed E-state index contributed by atoms with van der Waals surface area (Å²) in [5.74, 6) is -1.76. The summed E-state index contributed by atoms with van der Waals surface area (Å²) in [7, 11) is 0. The summed E-state index contributed by atoms with van der Waals surface area (Å²) in [5.41, 5.74) is 6.41. The molecule has 0 radical (unpaired) electrons. The zero-order valence-electron chi connectivity index (χ0n) is 9.68. The molecule has 0 aliphatic rings. The van der Waals surface area contributed by atoms with Crippen LogP contribution in [0, 0.1) is 5.92 Å². The van der Waals surface area contributed by atoms with E-state index in [0.717, 1.165) is 6.26 Å². The number of benzene rings is 1. The number of ketones is 1. The lowest BCUT2D eigenvalue weighted by molar-refractivity contribution is -0.141. The lowest BCUT2D eigenvalue weighted by Gasteiger charge is -2.12. The minimum Gasteiger partial charge on any atom is -0.435 e. The predicted molar refractivity (Wildman–Crippen MR) is 65.3 cm³/mol. The standard InChI is InChI=1S/C13H15NO3/c1-3-9(13(16)17-4-2)12(15)10-7-5-6-8-11(10)14/h4-9H,2-3,14H2,1H3. The van der Waals surface area contributed by atoms with Gasteiger partial charge in [-0.3, -0.25) is 9.59 Å². The van der Waals surface area contributed by atoms with Gasteiger partial charge in [-0.25, -0.2) is 0 Å². The van der Waals surface area contributed by atoms with Crippen LogP contribution >= 0.6 is 0 Å². The monoisotopic (exact) mass is 233 g/mol. The zero-order valence-corrected chi connectivity index (χ0v) is 9.68. The normalized spacial score (nSPS) is 11.6. The molecule has 1 atom stereocenters. The van der Waals surface area contributed by atoms with Gasteiger partial charge in [0.1, 0.15) is 5.92 Å². The molecular formula is C13H15NO3. The first-order valence-corrected chi connectivity index (χ1v) is 5.32. The molecule has 4 heteroatoms. The number of anilines is 1. The number of esters is 1. The number of hydrogen-bond donors (Lipinski definition) is 1. The fraction of sp³-hybridized carbons (Fsp3) is 0.231. The Hall–Kier alpha value is -2.10. The molecule has 0 aliphatic heterocycles. The maximum absolute atomic E-state index is 12.1. The molecule has 0 saturated carbocycles. The highest BCUT2D eigenvalue weighted by atomic mass is 16.5. The Balaban J connectivity index is 2.98. The lowest BCUT2D eigenvalue weighted by atomic mass is 9.94. The molecule has 0 fully saturated rings. The van der Waals surface area contributed by atoms with E-state index < -0.39 is 11.9 Å². The van der Waals surface area contributed by atoms with Crippen LogP contribution in [0.3, 0.4) is 0 Å². The first kappa shape index (κ1) is 13.0. The molecule has 0 heterocycles. The summed E-state index contributed by atoms with van der Waals surface area (Å²) in [6, 6.07) is 6.66. The van der Waals surface area contributed by atoms with Crippen molar-refractivity contribution in [1.29, 1.82) is 0 Å². The average Bonchev–Trinajstić information content (AvgIpc) is 2.30. The summed E-state index contributed by atoms with van der Waals surface area (Å²) in [4.78, 5) is 23.6. The van der Waals surface area contributed by atoms with Gasteiger partial charge in [0.05, 0.1) is 6.26 Å². The lowest BCUT2D eigenvalue weighted by Crippen LogP contribution is -2.25. The van der Waals surface area contributed by atoms with Crippen molar-refractivity contribution in [2.75, 3.05) is 5.73 Å². The molecule has 0 saturated heterocycles. The van der Waals surface area contributed by atoms with Crippen molar-refractivity contribution in [1.82, 2.24) is 0 Å². The Kier molecular flexibility index (Phi) is 4.46. The Bertz CT molecular complexity index is 440. The third-order valence-corrected chi connectivity index (χ3v) is 2.43. The Morgan fingerprint density at radius 2 is 2.12 bits per heavy atom. The predicted octanol–water partition coefficient (Wildman–Crippen LogP) is 2.16. The van der Waals surface area contributed by atoms with Crippen molar-refractivity contribution in [3.63, 3.8) is 0 Å². The number of ether oxygens (including phenoxy) is 1. The number of rotatable bonds is 5. The average molecular weight is 233 g/mol. The van der Waals surface area contributed by atoms with E-state index in [1.165, 1.54) is 0 Å². The minimum atomic E-state index is -0.835. The van der Waals surface area contributed by atoms with E-state index in [4.69, 9.17) is 5.73 Å². The molecule has 0 amide bonds. The Morgan fingerprint density at radius 3 is 2.65 bits per heavy atom. The number of nitrogens with two attached hydrogens (primary N) is 1. The van der Waals surface area contributed by atoms with Gasteiger partial charge < -0.3 is 10.5 Å². The minimum absolute atomic E-state index is 0.322. The van der Waals surface area contributed by atoms with E-state index in [2.05, 4.69) is 11.3 Å². The van der Waals surface area contributed by atoms with Crippen LogP contribution < -0.4 is 5.73 Å². The second-order valence-electron chi connectivity index (χ2n) is 3.52. The Morgan fingerprint density at radius 1 is 1.47 bits per heavy atom. The second-order valence-corrected chi connectivity index (χ2v) is 3.52. The highest BCUT2D eigenvalue weighted by Gasteiger charge is 2.27. The number of carbonyl (C=O) groups is 2. The summed E-state index contributed by atoms with van der Waals surface area (Å²) in [5, 5.41) is 0. The quantitative estimate of drug-likeness (QED) is 0.278. The van der Waals surface area contributed by atoms with Crippen LogP contribution in [0.25, 0.3) is 0 Å². The van der Waals surface area contributed by atoms with Gasteiger partial charge in [0.25, 0.3) is 0 Å². The van der Waals surface area contributed by atoms with Crippen LogP contribution in [0.4, 0.5) is 5.69 Å². The van der Waals surface area contributed by atoms with Gasteiger partial charge in [-0.15, -0.1) is 0 Å². The van der Waals surface area contributed by atoms with Crippen LogP contribution in [0.1, 0.15) is 23.7 Å². The summed E-state index contributed by atoms with van der Waals surface area (Å²) in [6.07, 6.45) is 1.38. The third-order valence-electron chi connectivity index (χ3n) is 2.43. The van der Waals surface area contributed by atoms with Crippen molar-refractivity contribution in [3.05, 3.63) is 42.7 Å². The first-order valence-electron chi connectivity index (χ1n) is 5.32. The topological polar surface area (TPSA) is 69.4 Å². The number of nitrogen functional groups attached to an aromatic ring is 1. The number of carbonyl (C=O) groups excluding carboxylic acids is 2. The molecule has 1 unspecified atom stereocenters. The molecule has 2 N–H and O–H groups in total. The van der Waals surface area contributed by atoms with Gasteiger partial charge in [-0.1, -0.05) is 25.6 Å². The van der Waals surface area contributed by atoms with Crippen LogP contribution in [0.5, 0.6) is 0 Å². The second kappa shape index (κ2) is 5.84.